The molecule has 0 radical (unpaired) electrons. The smallest absolute Gasteiger partial charge is 0.251 e. The predicted octanol–water partition coefficient (Wildman–Crippen LogP) is 0.242. The predicted molar refractivity (Wildman–Crippen MR) is 60.8 cm³/mol. The van der Waals surface area contributed by atoms with Crippen molar-refractivity contribution in [2.24, 2.45) is 12.8 Å². The van der Waals surface area contributed by atoms with Crippen LogP contribution in [0.1, 0.15) is 19.4 Å². The first-order chi connectivity index (χ1) is 7.52. The fourth-order valence-corrected chi connectivity index (χ4v) is 1.20. The minimum Gasteiger partial charge on any atom is -0.369 e. The number of nitrogens with one attached hydrogen (secondary N) is 1. The van der Waals surface area contributed by atoms with Crippen LogP contribution in [0.3, 0.4) is 0 Å². The van der Waals surface area contributed by atoms with Crippen molar-refractivity contribution in [1.82, 2.24) is 9.78 Å². The molecule has 0 spiro atoms. The number of ether oxygens (including phenoxy) is 1. The SMILES string of the molecule is CC(C)OCC(=O)Nc1nn(C)cc1CN. The number of amides is 1. The third-order valence-corrected chi connectivity index (χ3v) is 1.93. The molecule has 0 saturated heterocycles. The molecule has 0 aliphatic rings. The molecule has 0 aromatic carbocycles. The summed E-state index contributed by atoms with van der Waals surface area (Å²) in [5, 5.41) is 6.76. The van der Waals surface area contributed by atoms with Crippen LogP contribution in [0.5, 0.6) is 0 Å². The number of hydrogen-bond donors (Lipinski definition) is 2. The molecular formula is C10H18N4O2. The maximum atomic E-state index is 11.5. The topological polar surface area (TPSA) is 82.2 Å². The largest absolute Gasteiger partial charge is 0.369 e. The summed E-state index contributed by atoms with van der Waals surface area (Å²) >= 11 is 0. The van der Waals surface area contributed by atoms with Gasteiger partial charge in [-0.15, -0.1) is 0 Å². The second-order valence-electron chi connectivity index (χ2n) is 3.79. The highest BCUT2D eigenvalue weighted by Gasteiger charge is 2.10. The Hall–Kier alpha value is -1.40. The van der Waals surface area contributed by atoms with Crippen LogP contribution in [0.25, 0.3) is 0 Å². The van der Waals surface area contributed by atoms with Crippen molar-refractivity contribution in [3.8, 4) is 0 Å². The molecule has 1 heterocycles. The standard InChI is InChI=1S/C10H18N4O2/c1-7(2)16-6-9(15)12-10-8(4-11)5-14(3)13-10/h5,7H,4,6,11H2,1-3H3,(H,12,13,15). The second kappa shape index (κ2) is 5.62. The Kier molecular flexibility index (Phi) is 4.45. The first kappa shape index (κ1) is 12.7. The van der Waals surface area contributed by atoms with E-state index < -0.39 is 0 Å². The summed E-state index contributed by atoms with van der Waals surface area (Å²) in [6.45, 7) is 4.12. The zero-order valence-electron chi connectivity index (χ0n) is 9.86. The Morgan fingerprint density at radius 1 is 1.69 bits per heavy atom. The number of rotatable bonds is 5. The Labute approximate surface area is 94.8 Å². The Morgan fingerprint density at radius 2 is 2.38 bits per heavy atom. The highest BCUT2D eigenvalue weighted by atomic mass is 16.5. The maximum Gasteiger partial charge on any atom is 0.251 e. The van der Waals surface area contributed by atoms with E-state index in [0.717, 1.165) is 5.56 Å². The molecule has 0 aliphatic heterocycles. The lowest BCUT2D eigenvalue weighted by Gasteiger charge is -2.07. The van der Waals surface area contributed by atoms with Crippen LogP contribution >= 0.6 is 0 Å². The first-order valence-corrected chi connectivity index (χ1v) is 5.17. The summed E-state index contributed by atoms with van der Waals surface area (Å²) in [4.78, 5) is 11.5. The van der Waals surface area contributed by atoms with Gasteiger partial charge in [0.25, 0.3) is 5.91 Å². The number of nitrogens with two attached hydrogens (primary N) is 1. The number of nitrogens with zero attached hydrogens (tertiary/aromatic N) is 2. The fraction of sp³-hybridized carbons (Fsp3) is 0.600. The molecule has 0 aliphatic carbocycles. The van der Waals surface area contributed by atoms with Crippen LogP contribution in [0.4, 0.5) is 5.82 Å². The summed E-state index contributed by atoms with van der Waals surface area (Å²) in [7, 11) is 1.78. The van der Waals surface area contributed by atoms with Gasteiger partial charge >= 0.3 is 0 Å². The van der Waals surface area contributed by atoms with Crippen molar-refractivity contribution in [3.05, 3.63) is 11.8 Å². The molecule has 16 heavy (non-hydrogen) atoms. The molecule has 0 saturated carbocycles. The molecular weight excluding hydrogens is 208 g/mol. The van der Waals surface area contributed by atoms with E-state index in [2.05, 4.69) is 10.4 Å². The van der Waals surface area contributed by atoms with Gasteiger partial charge in [-0.05, 0) is 13.8 Å². The fourth-order valence-electron chi connectivity index (χ4n) is 1.20. The van der Waals surface area contributed by atoms with Crippen LogP contribution < -0.4 is 11.1 Å². The second-order valence-corrected chi connectivity index (χ2v) is 3.79. The van der Waals surface area contributed by atoms with Crippen molar-refractivity contribution >= 4 is 11.7 Å². The molecule has 1 aromatic heterocycles. The van der Waals surface area contributed by atoms with Gasteiger partial charge in [-0.25, -0.2) is 0 Å². The van der Waals surface area contributed by atoms with E-state index >= 15 is 0 Å². The van der Waals surface area contributed by atoms with E-state index in [1.54, 1.807) is 17.9 Å². The third kappa shape index (κ3) is 3.63. The monoisotopic (exact) mass is 226 g/mol. The highest BCUT2D eigenvalue weighted by molar-refractivity contribution is 5.91. The van der Waals surface area contributed by atoms with Crippen LogP contribution in [-0.2, 0) is 23.1 Å². The van der Waals surface area contributed by atoms with E-state index in [0.29, 0.717) is 12.4 Å². The highest BCUT2D eigenvalue weighted by Crippen LogP contribution is 2.11. The van der Waals surface area contributed by atoms with Gasteiger partial charge in [-0.1, -0.05) is 0 Å². The van der Waals surface area contributed by atoms with Gasteiger partial charge in [0.15, 0.2) is 5.82 Å². The summed E-state index contributed by atoms with van der Waals surface area (Å²) < 4.78 is 6.79. The zero-order valence-corrected chi connectivity index (χ0v) is 9.86. The summed E-state index contributed by atoms with van der Waals surface area (Å²) in [5.74, 6) is 0.282. The van der Waals surface area contributed by atoms with Crippen molar-refractivity contribution in [1.29, 1.82) is 0 Å². The average Bonchev–Trinajstić information content (AvgIpc) is 2.55. The summed E-state index contributed by atoms with van der Waals surface area (Å²) in [5.41, 5.74) is 6.33. The van der Waals surface area contributed by atoms with Gasteiger partial charge in [0.1, 0.15) is 6.61 Å². The van der Waals surface area contributed by atoms with Gasteiger partial charge < -0.3 is 15.8 Å². The van der Waals surface area contributed by atoms with Gasteiger partial charge in [-0.2, -0.15) is 5.10 Å². The maximum absolute atomic E-state index is 11.5. The van der Waals surface area contributed by atoms with Gasteiger partial charge in [0.05, 0.1) is 6.10 Å². The third-order valence-electron chi connectivity index (χ3n) is 1.93. The molecule has 1 rings (SSSR count). The van der Waals surface area contributed by atoms with E-state index in [4.69, 9.17) is 10.5 Å². The number of aromatic nitrogens is 2. The number of carbonyl (C=O) groups is 1. The molecule has 0 unspecified atom stereocenters. The van der Waals surface area contributed by atoms with Crippen LogP contribution in [-0.4, -0.2) is 28.4 Å². The van der Waals surface area contributed by atoms with Gasteiger partial charge in [-0.3, -0.25) is 9.48 Å². The van der Waals surface area contributed by atoms with Gasteiger partial charge in [0.2, 0.25) is 0 Å². The molecule has 6 nitrogen and oxygen atoms in total. The van der Waals surface area contributed by atoms with Crippen LogP contribution in [0.15, 0.2) is 6.20 Å². The quantitative estimate of drug-likeness (QED) is 0.753. The summed E-state index contributed by atoms with van der Waals surface area (Å²) in [6.07, 6.45) is 1.81. The zero-order chi connectivity index (χ0) is 12.1. The van der Waals surface area contributed by atoms with Crippen LogP contribution in [0.2, 0.25) is 0 Å². The van der Waals surface area contributed by atoms with Crippen molar-refractivity contribution < 1.29 is 9.53 Å². The molecule has 1 amide bonds. The molecule has 0 fully saturated rings. The molecule has 0 bridgehead atoms. The number of aryl methyl sites for hydroxylation is 1. The average molecular weight is 226 g/mol. The minimum atomic E-state index is -0.220. The number of anilines is 1. The molecule has 0 atom stereocenters. The van der Waals surface area contributed by atoms with Crippen molar-refractivity contribution in [3.63, 3.8) is 0 Å². The Bertz CT molecular complexity index is 360. The lowest BCUT2D eigenvalue weighted by molar-refractivity contribution is -0.121. The van der Waals surface area contributed by atoms with E-state index in [9.17, 15) is 4.79 Å². The normalized spacial score (nSPS) is 10.8. The number of carbonyl (C=O) groups excluding carboxylic acids is 1. The molecule has 6 heteroatoms. The Balaban J connectivity index is 2.55. The van der Waals surface area contributed by atoms with Crippen molar-refractivity contribution in [2.45, 2.75) is 26.5 Å². The van der Waals surface area contributed by atoms with E-state index in [1.807, 2.05) is 13.8 Å². The summed E-state index contributed by atoms with van der Waals surface area (Å²) in [6, 6.07) is 0. The van der Waals surface area contributed by atoms with Gasteiger partial charge in [0, 0.05) is 25.4 Å². The number of hydrogen-bond acceptors (Lipinski definition) is 4. The van der Waals surface area contributed by atoms with Crippen LogP contribution in [0, 0.1) is 0 Å². The lowest BCUT2D eigenvalue weighted by atomic mass is 10.3. The molecule has 90 valence electrons. The van der Waals surface area contributed by atoms with Crippen molar-refractivity contribution in [2.75, 3.05) is 11.9 Å². The lowest BCUT2D eigenvalue weighted by Crippen LogP contribution is -2.21. The minimum absolute atomic E-state index is 0.0260. The molecule has 3 N–H and O–H groups in total. The van der Waals surface area contributed by atoms with E-state index in [1.165, 1.54) is 0 Å². The molecule has 1 aromatic rings. The Morgan fingerprint density at radius 3 is 2.94 bits per heavy atom. The van der Waals surface area contributed by atoms with E-state index in [-0.39, 0.29) is 18.6 Å². The first-order valence-electron chi connectivity index (χ1n) is 5.17.